The van der Waals surface area contributed by atoms with Gasteiger partial charge in [0.15, 0.2) is 0 Å². The van der Waals surface area contributed by atoms with E-state index >= 15 is 0 Å². The largest absolute Gasteiger partial charge is 0.490 e. The maximum atomic E-state index is 13.3. The molecule has 6 nitrogen and oxygen atoms in total. The minimum Gasteiger partial charge on any atom is -0.490 e. The predicted octanol–water partition coefficient (Wildman–Crippen LogP) is 6.02. The number of hydrogen-bond donors (Lipinski definition) is 2. The van der Waals surface area contributed by atoms with Crippen molar-refractivity contribution < 1.29 is 22.7 Å². The van der Waals surface area contributed by atoms with Crippen molar-refractivity contribution in [3.05, 3.63) is 88.7 Å². The van der Waals surface area contributed by atoms with Gasteiger partial charge in [-0.2, -0.15) is 13.2 Å². The van der Waals surface area contributed by atoms with Crippen molar-refractivity contribution in [1.82, 2.24) is 15.2 Å². The molecule has 1 aromatic heterocycles. The summed E-state index contributed by atoms with van der Waals surface area (Å²) < 4.78 is 45.8. The highest BCUT2D eigenvalue weighted by atomic mass is 19.4. The van der Waals surface area contributed by atoms with Crippen LogP contribution in [0.5, 0.6) is 5.75 Å². The van der Waals surface area contributed by atoms with Crippen molar-refractivity contribution in [2.24, 2.45) is 0 Å². The second kappa shape index (κ2) is 13.8. The van der Waals surface area contributed by atoms with Gasteiger partial charge in [0.25, 0.3) is 0 Å². The molecule has 1 aliphatic heterocycles. The molecule has 1 fully saturated rings. The van der Waals surface area contributed by atoms with Gasteiger partial charge >= 0.3 is 6.18 Å². The van der Waals surface area contributed by atoms with Gasteiger partial charge in [0.1, 0.15) is 12.4 Å². The molecule has 2 heterocycles. The first-order chi connectivity index (χ1) is 19.2. The van der Waals surface area contributed by atoms with Crippen molar-refractivity contribution >= 4 is 11.6 Å². The zero-order valence-corrected chi connectivity index (χ0v) is 23.1. The number of carbonyl (C=O) groups excluding carboxylic acids is 1. The van der Waals surface area contributed by atoms with E-state index in [1.54, 1.807) is 0 Å². The number of ether oxygens (including phenoxy) is 1. The van der Waals surface area contributed by atoms with Gasteiger partial charge in [-0.25, -0.2) is 0 Å². The minimum absolute atomic E-state index is 0.0425. The third kappa shape index (κ3) is 8.53. The van der Waals surface area contributed by atoms with Crippen LogP contribution in [0.1, 0.15) is 60.2 Å². The standard InChI is InChI=1S/C31H37F3N4O2/c1-22(35-2)27-20-25(13-14-36-27)19-24-7-5-23(6-8-24)9-12-30(39)37-28-21-26(31(32,33)34)10-11-29(28)40-18-17-38-15-3-4-16-38/h5-8,10-11,13-14,20-22,35H,3-4,9,12,15-19H2,1-2H3,(H,37,39). The molecular formula is C31H37F3N4O2. The van der Waals surface area contributed by atoms with E-state index in [-0.39, 0.29) is 29.8 Å². The number of anilines is 1. The highest BCUT2D eigenvalue weighted by molar-refractivity contribution is 5.92. The zero-order chi connectivity index (χ0) is 28.5. The van der Waals surface area contributed by atoms with Crippen LogP contribution in [-0.4, -0.2) is 49.1 Å². The summed E-state index contributed by atoms with van der Waals surface area (Å²) in [5.41, 5.74) is 3.49. The number of hydrogen-bond acceptors (Lipinski definition) is 5. The second-order valence-electron chi connectivity index (χ2n) is 10.2. The fraction of sp³-hybridized carbons (Fsp3) is 0.419. The Morgan fingerprint density at radius 1 is 1.02 bits per heavy atom. The van der Waals surface area contributed by atoms with E-state index < -0.39 is 11.7 Å². The summed E-state index contributed by atoms with van der Waals surface area (Å²) in [5.74, 6) is -0.121. The Morgan fingerprint density at radius 3 is 2.45 bits per heavy atom. The average molecular weight is 555 g/mol. The fourth-order valence-corrected chi connectivity index (χ4v) is 4.74. The summed E-state index contributed by atoms with van der Waals surface area (Å²) in [6.45, 7) is 5.11. The number of benzene rings is 2. The third-order valence-corrected chi connectivity index (χ3v) is 7.24. The van der Waals surface area contributed by atoms with Gasteiger partial charge in [0.2, 0.25) is 5.91 Å². The summed E-state index contributed by atoms with van der Waals surface area (Å²) in [4.78, 5) is 19.4. The molecule has 40 heavy (non-hydrogen) atoms. The van der Waals surface area contributed by atoms with Crippen LogP contribution in [0, 0.1) is 0 Å². The summed E-state index contributed by atoms with van der Waals surface area (Å²) in [7, 11) is 1.90. The van der Waals surface area contributed by atoms with Gasteiger partial charge in [0.05, 0.1) is 16.9 Å². The van der Waals surface area contributed by atoms with Gasteiger partial charge in [-0.3, -0.25) is 14.7 Å². The topological polar surface area (TPSA) is 66.5 Å². The van der Waals surface area contributed by atoms with E-state index in [1.807, 2.05) is 43.6 Å². The van der Waals surface area contributed by atoms with Gasteiger partial charge < -0.3 is 15.4 Å². The molecule has 1 unspecified atom stereocenters. The molecule has 9 heteroatoms. The van der Waals surface area contributed by atoms with Crippen molar-refractivity contribution in [1.29, 1.82) is 0 Å². The van der Waals surface area contributed by atoms with E-state index in [0.717, 1.165) is 61.3 Å². The van der Waals surface area contributed by atoms with Crippen LogP contribution >= 0.6 is 0 Å². The summed E-state index contributed by atoms with van der Waals surface area (Å²) in [6, 6.07) is 15.5. The molecule has 1 atom stereocenters. The lowest BCUT2D eigenvalue weighted by atomic mass is 10.0. The van der Waals surface area contributed by atoms with Crippen LogP contribution in [0.2, 0.25) is 0 Å². The van der Waals surface area contributed by atoms with Gasteiger partial charge in [-0.15, -0.1) is 0 Å². The fourth-order valence-electron chi connectivity index (χ4n) is 4.74. The summed E-state index contributed by atoms with van der Waals surface area (Å²) in [6.07, 6.45) is 0.965. The van der Waals surface area contributed by atoms with E-state index in [9.17, 15) is 18.0 Å². The van der Waals surface area contributed by atoms with E-state index in [4.69, 9.17) is 4.74 Å². The van der Waals surface area contributed by atoms with Crippen LogP contribution in [0.15, 0.2) is 60.8 Å². The van der Waals surface area contributed by atoms with Crippen molar-refractivity contribution in [3.8, 4) is 5.75 Å². The van der Waals surface area contributed by atoms with Crippen molar-refractivity contribution in [2.75, 3.05) is 38.6 Å². The van der Waals surface area contributed by atoms with Gasteiger partial charge in [-0.05, 0) is 99.8 Å². The number of rotatable bonds is 12. The van der Waals surface area contributed by atoms with E-state index in [2.05, 4.69) is 33.5 Å². The third-order valence-electron chi connectivity index (χ3n) is 7.24. The summed E-state index contributed by atoms with van der Waals surface area (Å²) >= 11 is 0. The molecule has 0 saturated carbocycles. The molecular weight excluding hydrogens is 517 g/mol. The van der Waals surface area contributed by atoms with E-state index in [1.165, 1.54) is 11.6 Å². The average Bonchev–Trinajstić information content (AvgIpc) is 3.46. The number of alkyl halides is 3. The Balaban J connectivity index is 1.33. The van der Waals surface area contributed by atoms with Crippen molar-refractivity contribution in [2.45, 2.75) is 51.2 Å². The van der Waals surface area contributed by atoms with Crippen LogP contribution in [0.4, 0.5) is 18.9 Å². The number of likely N-dealkylation sites (tertiary alicyclic amines) is 1. The number of nitrogens with one attached hydrogen (secondary N) is 2. The Hall–Kier alpha value is -3.43. The van der Waals surface area contributed by atoms with Gasteiger partial charge in [0, 0.05) is 25.2 Å². The maximum absolute atomic E-state index is 13.3. The molecule has 1 saturated heterocycles. The number of amides is 1. The lowest BCUT2D eigenvalue weighted by Gasteiger charge is -2.18. The molecule has 0 radical (unpaired) electrons. The molecule has 1 amide bonds. The lowest BCUT2D eigenvalue weighted by molar-refractivity contribution is -0.137. The van der Waals surface area contributed by atoms with Crippen LogP contribution in [0.25, 0.3) is 0 Å². The number of carbonyl (C=O) groups is 1. The molecule has 0 aliphatic carbocycles. The van der Waals surface area contributed by atoms with Crippen LogP contribution in [0.3, 0.4) is 0 Å². The first-order valence-electron chi connectivity index (χ1n) is 13.8. The zero-order valence-electron chi connectivity index (χ0n) is 23.1. The number of aromatic nitrogens is 1. The van der Waals surface area contributed by atoms with Crippen LogP contribution in [-0.2, 0) is 23.8 Å². The molecule has 1 aliphatic rings. The normalized spacial score (nSPS) is 14.7. The number of aryl methyl sites for hydroxylation is 1. The predicted molar refractivity (Wildman–Crippen MR) is 151 cm³/mol. The molecule has 4 rings (SSSR count). The Labute approximate surface area is 233 Å². The Bertz CT molecular complexity index is 1260. The van der Waals surface area contributed by atoms with E-state index in [0.29, 0.717) is 19.6 Å². The quantitative estimate of drug-likeness (QED) is 0.287. The van der Waals surface area contributed by atoms with Crippen LogP contribution < -0.4 is 15.4 Å². The SMILES string of the molecule is CNC(C)c1cc(Cc2ccc(CCC(=O)Nc3cc(C(F)(F)F)ccc3OCCN3CCCC3)cc2)ccn1. The maximum Gasteiger partial charge on any atom is 0.416 e. The molecule has 214 valence electrons. The highest BCUT2D eigenvalue weighted by Gasteiger charge is 2.31. The molecule has 3 aromatic rings. The highest BCUT2D eigenvalue weighted by Crippen LogP contribution is 2.35. The van der Waals surface area contributed by atoms with Gasteiger partial charge in [-0.1, -0.05) is 24.3 Å². The summed E-state index contributed by atoms with van der Waals surface area (Å²) in [5, 5.41) is 5.84. The first kappa shape index (κ1) is 29.6. The molecule has 0 bridgehead atoms. The minimum atomic E-state index is -4.52. The van der Waals surface area contributed by atoms with Crippen molar-refractivity contribution in [3.63, 3.8) is 0 Å². The number of pyridine rings is 1. The lowest BCUT2D eigenvalue weighted by Crippen LogP contribution is -2.25. The molecule has 2 aromatic carbocycles. The monoisotopic (exact) mass is 554 g/mol. The number of nitrogens with zero attached hydrogens (tertiary/aromatic N) is 2. The Morgan fingerprint density at radius 2 is 1.75 bits per heavy atom. The Kier molecular flexibility index (Phi) is 10.2. The smallest absolute Gasteiger partial charge is 0.416 e. The molecule has 2 N–H and O–H groups in total. The first-order valence-corrected chi connectivity index (χ1v) is 13.8. The second-order valence-corrected chi connectivity index (χ2v) is 10.2. The number of halogens is 3. The molecule has 0 spiro atoms.